The maximum Gasteiger partial charge on any atom is 0.278 e. The van der Waals surface area contributed by atoms with Crippen LogP contribution in [0.5, 0.6) is 0 Å². The van der Waals surface area contributed by atoms with Crippen molar-refractivity contribution in [1.82, 2.24) is 14.4 Å². The molecule has 0 fully saturated rings. The summed E-state index contributed by atoms with van der Waals surface area (Å²) in [4.78, 5) is 20.8. The van der Waals surface area contributed by atoms with Gasteiger partial charge < -0.3 is 5.32 Å². The summed E-state index contributed by atoms with van der Waals surface area (Å²) in [6.07, 6.45) is 6.71. The quantitative estimate of drug-likeness (QED) is 0.741. The van der Waals surface area contributed by atoms with E-state index in [2.05, 4.69) is 21.2 Å². The Morgan fingerprint density at radius 1 is 1.35 bits per heavy atom. The highest BCUT2D eigenvalue weighted by Crippen LogP contribution is 2.16. The molecule has 3 aromatic rings. The van der Waals surface area contributed by atoms with Crippen LogP contribution in [0, 0.1) is 32.0 Å². The fourth-order valence-corrected chi connectivity index (χ4v) is 2.34. The summed E-state index contributed by atoms with van der Waals surface area (Å²) in [6, 6.07) is 6.04. The second-order valence-corrected chi connectivity index (χ2v) is 5.12. The van der Waals surface area contributed by atoms with Crippen LogP contribution < -0.4 is 5.32 Å². The number of amides is 1. The normalized spacial score (nSPS) is 10.5. The Balaban J connectivity index is 1.95. The van der Waals surface area contributed by atoms with Crippen molar-refractivity contribution in [3.05, 3.63) is 59.1 Å². The Bertz CT molecular complexity index is 969. The number of anilines is 1. The van der Waals surface area contributed by atoms with E-state index in [9.17, 15) is 9.18 Å². The second-order valence-electron chi connectivity index (χ2n) is 5.12. The number of benzene rings is 1. The Kier molecular flexibility index (Phi) is 3.54. The predicted molar refractivity (Wildman–Crippen MR) is 84.7 cm³/mol. The van der Waals surface area contributed by atoms with Gasteiger partial charge in [0.15, 0.2) is 11.3 Å². The van der Waals surface area contributed by atoms with Crippen LogP contribution in [-0.2, 0) is 0 Å². The molecular formula is C17H13FN4O. The largest absolute Gasteiger partial charge is 0.320 e. The summed E-state index contributed by atoms with van der Waals surface area (Å²) in [6.45, 7) is 3.74. The van der Waals surface area contributed by atoms with E-state index in [-0.39, 0.29) is 11.3 Å². The van der Waals surface area contributed by atoms with Crippen LogP contribution in [0.15, 0.2) is 30.6 Å². The summed E-state index contributed by atoms with van der Waals surface area (Å²) in [5.41, 5.74) is 2.79. The van der Waals surface area contributed by atoms with E-state index < -0.39 is 11.7 Å². The lowest BCUT2D eigenvalue weighted by Crippen LogP contribution is -2.14. The molecule has 0 saturated carbocycles. The molecule has 0 radical (unpaired) electrons. The first-order valence-electron chi connectivity index (χ1n) is 6.88. The van der Waals surface area contributed by atoms with Crippen LogP contribution in [0.2, 0.25) is 0 Å². The van der Waals surface area contributed by atoms with Gasteiger partial charge in [-0.1, -0.05) is 5.92 Å². The van der Waals surface area contributed by atoms with Crippen LogP contribution >= 0.6 is 0 Å². The molecule has 1 N–H and O–H groups in total. The van der Waals surface area contributed by atoms with Gasteiger partial charge in [0, 0.05) is 17.1 Å². The van der Waals surface area contributed by atoms with E-state index in [1.165, 1.54) is 18.5 Å². The van der Waals surface area contributed by atoms with E-state index in [4.69, 9.17) is 6.42 Å². The SMILES string of the molecule is C#Cc1ccc(NC(=O)c2ncn3c(C)cc(C)nc23)cc1F. The lowest BCUT2D eigenvalue weighted by Gasteiger charge is -2.05. The maximum absolute atomic E-state index is 13.7. The summed E-state index contributed by atoms with van der Waals surface area (Å²) in [5.74, 6) is 1.20. The number of terminal acetylenes is 1. The number of nitrogens with zero attached hydrogens (tertiary/aromatic N) is 3. The van der Waals surface area contributed by atoms with Crippen molar-refractivity contribution in [2.24, 2.45) is 0 Å². The number of carbonyl (C=O) groups is 1. The number of hydrogen-bond acceptors (Lipinski definition) is 3. The molecule has 0 bridgehead atoms. The number of aryl methyl sites for hydroxylation is 2. The molecule has 2 heterocycles. The number of carbonyl (C=O) groups excluding carboxylic acids is 1. The van der Waals surface area contributed by atoms with E-state index in [1.807, 2.05) is 19.9 Å². The lowest BCUT2D eigenvalue weighted by molar-refractivity contribution is 0.102. The van der Waals surface area contributed by atoms with Gasteiger partial charge in [0.25, 0.3) is 5.91 Å². The Labute approximate surface area is 132 Å². The standard InChI is InChI=1S/C17H13FN4O/c1-4-12-5-6-13(8-14(12)18)21-17(23)15-16-20-10(2)7-11(3)22(16)9-19-15/h1,5-9H,2-3H3,(H,21,23). The van der Waals surface area contributed by atoms with Crippen molar-refractivity contribution in [2.75, 3.05) is 5.32 Å². The third-order valence-electron chi connectivity index (χ3n) is 3.42. The van der Waals surface area contributed by atoms with E-state index in [0.29, 0.717) is 11.3 Å². The number of imidazole rings is 1. The van der Waals surface area contributed by atoms with Crippen molar-refractivity contribution in [1.29, 1.82) is 0 Å². The molecule has 1 aromatic carbocycles. The molecule has 114 valence electrons. The number of hydrogen-bond donors (Lipinski definition) is 1. The molecule has 0 aliphatic rings. The van der Waals surface area contributed by atoms with Crippen molar-refractivity contribution in [3.8, 4) is 12.3 Å². The zero-order valence-corrected chi connectivity index (χ0v) is 12.6. The van der Waals surface area contributed by atoms with Crippen molar-refractivity contribution < 1.29 is 9.18 Å². The third-order valence-corrected chi connectivity index (χ3v) is 3.42. The van der Waals surface area contributed by atoms with Crippen molar-refractivity contribution >= 4 is 17.2 Å². The molecule has 6 heteroatoms. The minimum absolute atomic E-state index is 0.142. The molecule has 23 heavy (non-hydrogen) atoms. The molecule has 3 rings (SSSR count). The number of rotatable bonds is 2. The summed E-state index contributed by atoms with van der Waals surface area (Å²) in [5, 5.41) is 2.60. The lowest BCUT2D eigenvalue weighted by atomic mass is 10.2. The fourth-order valence-electron chi connectivity index (χ4n) is 2.34. The van der Waals surface area contributed by atoms with Crippen molar-refractivity contribution in [2.45, 2.75) is 13.8 Å². The van der Waals surface area contributed by atoms with Gasteiger partial charge >= 0.3 is 0 Å². The second kappa shape index (κ2) is 5.54. The number of aromatic nitrogens is 3. The predicted octanol–water partition coefficient (Wildman–Crippen LogP) is 2.72. The van der Waals surface area contributed by atoms with E-state index in [1.54, 1.807) is 10.5 Å². The van der Waals surface area contributed by atoms with Gasteiger partial charge in [-0.3, -0.25) is 9.20 Å². The van der Waals surface area contributed by atoms with Gasteiger partial charge in [0.2, 0.25) is 0 Å². The third kappa shape index (κ3) is 2.64. The van der Waals surface area contributed by atoms with Crippen LogP contribution in [-0.4, -0.2) is 20.3 Å². The summed E-state index contributed by atoms with van der Waals surface area (Å²) >= 11 is 0. The molecule has 1 amide bonds. The topological polar surface area (TPSA) is 59.3 Å². The smallest absolute Gasteiger partial charge is 0.278 e. The molecule has 2 aromatic heterocycles. The van der Waals surface area contributed by atoms with Gasteiger partial charge in [-0.15, -0.1) is 6.42 Å². The molecule has 0 unspecified atom stereocenters. The Morgan fingerprint density at radius 3 is 2.83 bits per heavy atom. The highest BCUT2D eigenvalue weighted by Gasteiger charge is 2.16. The zero-order chi connectivity index (χ0) is 16.6. The maximum atomic E-state index is 13.7. The first-order chi connectivity index (χ1) is 11.0. The monoisotopic (exact) mass is 308 g/mol. The van der Waals surface area contributed by atoms with Crippen LogP contribution in [0.1, 0.15) is 27.4 Å². The molecular weight excluding hydrogens is 295 g/mol. The number of fused-ring (bicyclic) bond motifs is 1. The van der Waals surface area contributed by atoms with Gasteiger partial charge in [0.05, 0.1) is 5.56 Å². The minimum atomic E-state index is -0.565. The van der Waals surface area contributed by atoms with Gasteiger partial charge in [-0.05, 0) is 38.1 Å². The van der Waals surface area contributed by atoms with Crippen LogP contribution in [0.4, 0.5) is 10.1 Å². The molecule has 0 spiro atoms. The number of halogens is 1. The Hall–Kier alpha value is -3.20. The van der Waals surface area contributed by atoms with E-state index in [0.717, 1.165) is 11.4 Å². The summed E-state index contributed by atoms with van der Waals surface area (Å²) < 4.78 is 15.4. The van der Waals surface area contributed by atoms with Gasteiger partial charge in [-0.25, -0.2) is 14.4 Å². The highest BCUT2D eigenvalue weighted by molar-refractivity contribution is 6.06. The average Bonchev–Trinajstić information content (AvgIpc) is 2.91. The van der Waals surface area contributed by atoms with Crippen LogP contribution in [0.25, 0.3) is 5.65 Å². The molecule has 0 saturated heterocycles. The van der Waals surface area contributed by atoms with Gasteiger partial charge in [0.1, 0.15) is 12.1 Å². The summed E-state index contributed by atoms with van der Waals surface area (Å²) in [7, 11) is 0. The Morgan fingerprint density at radius 2 is 2.13 bits per heavy atom. The average molecular weight is 308 g/mol. The highest BCUT2D eigenvalue weighted by atomic mass is 19.1. The number of nitrogens with one attached hydrogen (secondary N) is 1. The molecule has 0 aliphatic carbocycles. The first kappa shape index (κ1) is 14.7. The fraction of sp³-hybridized carbons (Fsp3) is 0.118. The van der Waals surface area contributed by atoms with Crippen LogP contribution in [0.3, 0.4) is 0 Å². The zero-order valence-electron chi connectivity index (χ0n) is 12.6. The van der Waals surface area contributed by atoms with E-state index >= 15 is 0 Å². The minimum Gasteiger partial charge on any atom is -0.320 e. The van der Waals surface area contributed by atoms with Gasteiger partial charge in [-0.2, -0.15) is 0 Å². The molecule has 0 atom stereocenters. The molecule has 5 nitrogen and oxygen atoms in total. The first-order valence-corrected chi connectivity index (χ1v) is 6.88. The van der Waals surface area contributed by atoms with Crippen molar-refractivity contribution in [3.63, 3.8) is 0 Å². The molecule has 0 aliphatic heterocycles.